The first kappa shape index (κ1) is 12.0. The number of amides is 1. The van der Waals surface area contributed by atoms with Gasteiger partial charge in [-0.05, 0) is 18.6 Å². The number of piperidine rings is 1. The van der Waals surface area contributed by atoms with Crippen molar-refractivity contribution in [1.29, 1.82) is 0 Å². The first-order valence-corrected chi connectivity index (χ1v) is 6.56. The molecule has 1 aromatic carbocycles. The number of benzene rings is 1. The summed E-state index contributed by atoms with van der Waals surface area (Å²) in [6.45, 7) is 1.30. The van der Waals surface area contributed by atoms with Gasteiger partial charge in [0.2, 0.25) is 11.8 Å². The van der Waals surface area contributed by atoms with Gasteiger partial charge in [0.1, 0.15) is 0 Å². The van der Waals surface area contributed by atoms with Gasteiger partial charge in [-0.25, -0.2) is 4.98 Å². The Morgan fingerprint density at radius 3 is 3.00 bits per heavy atom. The Bertz CT molecular complexity index is 587. The number of para-hydroxylation sites is 1. The molecule has 0 saturated carbocycles. The van der Waals surface area contributed by atoms with Crippen molar-refractivity contribution in [2.75, 3.05) is 13.2 Å². The summed E-state index contributed by atoms with van der Waals surface area (Å²) in [7, 11) is 0. The topological polar surface area (TPSA) is 51.2 Å². The fourth-order valence-corrected chi connectivity index (χ4v) is 2.26. The monoisotopic (exact) mass is 256 g/mol. The minimum Gasteiger partial charge on any atom is -0.477 e. The van der Waals surface area contributed by atoms with Crippen LogP contribution in [0.3, 0.4) is 0 Å². The molecule has 0 bridgehead atoms. The highest BCUT2D eigenvalue weighted by Gasteiger charge is 2.18. The summed E-state index contributed by atoms with van der Waals surface area (Å²) < 4.78 is 5.73. The summed E-state index contributed by atoms with van der Waals surface area (Å²) in [5.74, 6) is 1.17. The van der Waals surface area contributed by atoms with Crippen LogP contribution in [0.25, 0.3) is 10.9 Å². The van der Waals surface area contributed by atoms with Crippen molar-refractivity contribution in [2.24, 2.45) is 5.92 Å². The molecule has 1 saturated heterocycles. The van der Waals surface area contributed by atoms with Crippen LogP contribution in [0.2, 0.25) is 0 Å². The van der Waals surface area contributed by atoms with Gasteiger partial charge in [0.15, 0.2) is 0 Å². The molecule has 1 fully saturated rings. The van der Waals surface area contributed by atoms with Crippen molar-refractivity contribution < 1.29 is 9.53 Å². The molecule has 1 aromatic heterocycles. The van der Waals surface area contributed by atoms with Crippen LogP contribution in [0.15, 0.2) is 36.4 Å². The highest BCUT2D eigenvalue weighted by Crippen LogP contribution is 2.18. The third-order valence-electron chi connectivity index (χ3n) is 3.41. The van der Waals surface area contributed by atoms with E-state index in [0.29, 0.717) is 31.4 Å². The summed E-state index contributed by atoms with van der Waals surface area (Å²) in [4.78, 5) is 15.5. The normalized spacial score (nSPS) is 19.2. The number of carbonyl (C=O) groups is 1. The van der Waals surface area contributed by atoms with E-state index >= 15 is 0 Å². The molecule has 1 unspecified atom stereocenters. The second-order valence-electron chi connectivity index (χ2n) is 4.86. The van der Waals surface area contributed by atoms with E-state index in [2.05, 4.69) is 10.3 Å². The number of fused-ring (bicyclic) bond motifs is 1. The lowest BCUT2D eigenvalue weighted by atomic mass is 10.0. The molecule has 0 aliphatic carbocycles. The summed E-state index contributed by atoms with van der Waals surface area (Å²) in [6.07, 6.45) is 1.48. The fourth-order valence-electron chi connectivity index (χ4n) is 2.26. The van der Waals surface area contributed by atoms with Crippen molar-refractivity contribution in [3.05, 3.63) is 36.4 Å². The van der Waals surface area contributed by atoms with Crippen LogP contribution >= 0.6 is 0 Å². The second-order valence-corrected chi connectivity index (χ2v) is 4.86. The van der Waals surface area contributed by atoms with Gasteiger partial charge in [-0.15, -0.1) is 0 Å². The first-order valence-electron chi connectivity index (χ1n) is 6.56. The molecule has 2 aromatic rings. The predicted octanol–water partition coefficient (Wildman–Crippen LogP) is 2.14. The molecular weight excluding hydrogens is 240 g/mol. The highest BCUT2D eigenvalue weighted by molar-refractivity contribution is 5.78. The lowest BCUT2D eigenvalue weighted by Crippen LogP contribution is -2.37. The molecule has 4 heteroatoms. The van der Waals surface area contributed by atoms with Crippen molar-refractivity contribution >= 4 is 16.8 Å². The minimum atomic E-state index is 0.139. The molecule has 4 nitrogen and oxygen atoms in total. The van der Waals surface area contributed by atoms with Gasteiger partial charge in [-0.3, -0.25) is 4.79 Å². The number of nitrogens with one attached hydrogen (secondary N) is 1. The lowest BCUT2D eigenvalue weighted by Gasteiger charge is -2.22. The Hall–Kier alpha value is -2.10. The molecule has 1 aliphatic heterocycles. The van der Waals surface area contributed by atoms with Gasteiger partial charge in [0.05, 0.1) is 12.1 Å². The van der Waals surface area contributed by atoms with Crippen LogP contribution in [0, 0.1) is 5.92 Å². The number of rotatable bonds is 3. The maximum absolute atomic E-state index is 11.1. The average molecular weight is 256 g/mol. The maximum atomic E-state index is 11.1. The molecule has 1 atom stereocenters. The van der Waals surface area contributed by atoms with E-state index in [9.17, 15) is 4.79 Å². The largest absolute Gasteiger partial charge is 0.477 e. The SMILES string of the molecule is O=C1CCC(COc2ccc3ccccc3n2)CN1. The molecule has 3 rings (SSSR count). The van der Waals surface area contributed by atoms with Crippen molar-refractivity contribution in [3.8, 4) is 5.88 Å². The van der Waals surface area contributed by atoms with E-state index in [-0.39, 0.29) is 5.91 Å². The molecule has 98 valence electrons. The molecular formula is C15H16N2O2. The Labute approximate surface area is 111 Å². The van der Waals surface area contributed by atoms with Gasteiger partial charge in [0.25, 0.3) is 0 Å². The third-order valence-corrected chi connectivity index (χ3v) is 3.41. The van der Waals surface area contributed by atoms with E-state index in [1.165, 1.54) is 0 Å². The van der Waals surface area contributed by atoms with E-state index in [1.54, 1.807) is 0 Å². The number of carbonyl (C=O) groups excluding carboxylic acids is 1. The molecule has 19 heavy (non-hydrogen) atoms. The van der Waals surface area contributed by atoms with E-state index in [4.69, 9.17) is 4.74 Å². The van der Waals surface area contributed by atoms with Gasteiger partial charge in [-0.2, -0.15) is 0 Å². The van der Waals surface area contributed by atoms with E-state index in [0.717, 1.165) is 17.3 Å². The van der Waals surface area contributed by atoms with Crippen molar-refractivity contribution in [1.82, 2.24) is 10.3 Å². The van der Waals surface area contributed by atoms with Gasteiger partial charge in [0, 0.05) is 30.3 Å². The number of hydrogen-bond donors (Lipinski definition) is 1. The van der Waals surface area contributed by atoms with Crippen LogP contribution in [0.5, 0.6) is 5.88 Å². The summed E-state index contributed by atoms with van der Waals surface area (Å²) in [5, 5.41) is 3.97. The van der Waals surface area contributed by atoms with Crippen LogP contribution in [-0.2, 0) is 4.79 Å². The maximum Gasteiger partial charge on any atom is 0.220 e. The molecule has 0 spiro atoms. The zero-order valence-corrected chi connectivity index (χ0v) is 10.6. The first-order chi connectivity index (χ1) is 9.31. The summed E-state index contributed by atoms with van der Waals surface area (Å²) in [5.41, 5.74) is 0.942. The molecule has 2 heterocycles. The van der Waals surface area contributed by atoms with Gasteiger partial charge < -0.3 is 10.1 Å². The molecule has 1 amide bonds. The quantitative estimate of drug-likeness (QED) is 0.915. The van der Waals surface area contributed by atoms with Gasteiger partial charge in [-0.1, -0.05) is 18.2 Å². The Kier molecular flexibility index (Phi) is 3.31. The van der Waals surface area contributed by atoms with Crippen molar-refractivity contribution in [3.63, 3.8) is 0 Å². The standard InChI is InChI=1S/C15H16N2O2/c18-14-7-5-11(9-16-14)10-19-15-8-6-12-3-1-2-4-13(12)17-15/h1-4,6,8,11H,5,7,9-10H2,(H,16,18). The highest BCUT2D eigenvalue weighted by atomic mass is 16.5. The zero-order chi connectivity index (χ0) is 13.1. The number of ether oxygens (including phenoxy) is 1. The van der Waals surface area contributed by atoms with Crippen LogP contribution in [-0.4, -0.2) is 24.0 Å². The zero-order valence-electron chi connectivity index (χ0n) is 10.6. The van der Waals surface area contributed by atoms with E-state index in [1.807, 2.05) is 36.4 Å². The Morgan fingerprint density at radius 1 is 1.26 bits per heavy atom. The summed E-state index contributed by atoms with van der Waals surface area (Å²) in [6, 6.07) is 11.9. The average Bonchev–Trinajstić information content (AvgIpc) is 2.46. The van der Waals surface area contributed by atoms with Crippen LogP contribution in [0.4, 0.5) is 0 Å². The number of nitrogens with zero attached hydrogens (tertiary/aromatic N) is 1. The van der Waals surface area contributed by atoms with Crippen molar-refractivity contribution in [2.45, 2.75) is 12.8 Å². The molecule has 1 aliphatic rings. The van der Waals surface area contributed by atoms with Crippen LogP contribution < -0.4 is 10.1 Å². The second kappa shape index (κ2) is 5.26. The smallest absolute Gasteiger partial charge is 0.220 e. The third kappa shape index (κ3) is 2.84. The van der Waals surface area contributed by atoms with E-state index < -0.39 is 0 Å². The number of pyridine rings is 1. The lowest BCUT2D eigenvalue weighted by molar-refractivity contribution is -0.123. The fraction of sp³-hybridized carbons (Fsp3) is 0.333. The molecule has 1 N–H and O–H groups in total. The number of aromatic nitrogens is 1. The minimum absolute atomic E-state index is 0.139. The number of hydrogen-bond acceptors (Lipinski definition) is 3. The Balaban J connectivity index is 1.63. The molecule has 0 radical (unpaired) electrons. The summed E-state index contributed by atoms with van der Waals surface area (Å²) >= 11 is 0. The van der Waals surface area contributed by atoms with Gasteiger partial charge >= 0.3 is 0 Å². The van der Waals surface area contributed by atoms with Crippen LogP contribution in [0.1, 0.15) is 12.8 Å². The predicted molar refractivity (Wildman–Crippen MR) is 73.0 cm³/mol. The Morgan fingerprint density at radius 2 is 2.16 bits per heavy atom.